The summed E-state index contributed by atoms with van der Waals surface area (Å²) in [5, 5.41) is 6.23. The van der Waals surface area contributed by atoms with E-state index in [-0.39, 0.29) is 5.91 Å². The Labute approximate surface area is 116 Å². The summed E-state index contributed by atoms with van der Waals surface area (Å²) in [6.07, 6.45) is 2.34. The van der Waals surface area contributed by atoms with Gasteiger partial charge in [-0.15, -0.1) is 11.3 Å². The van der Waals surface area contributed by atoms with Crippen LogP contribution in [0.2, 0.25) is 0 Å². The molecule has 1 aromatic heterocycles. The number of nitrogens with zero attached hydrogens (tertiary/aromatic N) is 1. The second-order valence-corrected chi connectivity index (χ2v) is 5.22. The molecule has 1 heterocycles. The number of amides is 1. The van der Waals surface area contributed by atoms with Crippen LogP contribution in [0.15, 0.2) is 29.9 Å². The predicted octanol–water partition coefficient (Wildman–Crippen LogP) is 3.41. The number of hydrogen-bond donors (Lipinski definition) is 2. The van der Waals surface area contributed by atoms with E-state index in [2.05, 4.69) is 15.6 Å². The zero-order valence-electron chi connectivity index (χ0n) is 11.1. The SMILES string of the molecule is CCC(=O)Nc1ccc(C)c(NCc2cncs2)c1. The van der Waals surface area contributed by atoms with Crippen LogP contribution in [0, 0.1) is 6.92 Å². The van der Waals surface area contributed by atoms with Crippen molar-refractivity contribution >= 4 is 28.6 Å². The molecule has 100 valence electrons. The van der Waals surface area contributed by atoms with Gasteiger partial charge in [-0.2, -0.15) is 0 Å². The minimum Gasteiger partial charge on any atom is -0.380 e. The molecule has 0 fully saturated rings. The van der Waals surface area contributed by atoms with E-state index in [1.807, 2.05) is 43.8 Å². The third-order valence-electron chi connectivity index (χ3n) is 2.78. The van der Waals surface area contributed by atoms with Gasteiger partial charge in [0.15, 0.2) is 0 Å². The number of rotatable bonds is 5. The summed E-state index contributed by atoms with van der Waals surface area (Å²) in [4.78, 5) is 16.6. The zero-order chi connectivity index (χ0) is 13.7. The van der Waals surface area contributed by atoms with Crippen LogP contribution in [0.4, 0.5) is 11.4 Å². The second kappa shape index (κ2) is 6.33. The lowest BCUT2D eigenvalue weighted by molar-refractivity contribution is -0.115. The van der Waals surface area contributed by atoms with Crippen molar-refractivity contribution in [3.63, 3.8) is 0 Å². The highest BCUT2D eigenvalue weighted by Gasteiger charge is 2.03. The fourth-order valence-corrected chi connectivity index (χ4v) is 2.19. The lowest BCUT2D eigenvalue weighted by Crippen LogP contribution is -2.10. The number of carbonyl (C=O) groups is 1. The summed E-state index contributed by atoms with van der Waals surface area (Å²) < 4.78 is 0. The van der Waals surface area contributed by atoms with Crippen LogP contribution >= 0.6 is 11.3 Å². The van der Waals surface area contributed by atoms with Gasteiger partial charge in [-0.05, 0) is 24.6 Å². The number of hydrogen-bond acceptors (Lipinski definition) is 4. The van der Waals surface area contributed by atoms with E-state index in [1.54, 1.807) is 11.3 Å². The molecule has 0 aliphatic carbocycles. The summed E-state index contributed by atoms with van der Waals surface area (Å²) in [6.45, 7) is 4.63. The molecule has 0 bridgehead atoms. The van der Waals surface area contributed by atoms with Crippen molar-refractivity contribution in [1.82, 2.24) is 4.98 Å². The zero-order valence-corrected chi connectivity index (χ0v) is 11.9. The number of aryl methyl sites for hydroxylation is 1. The fourth-order valence-electron chi connectivity index (χ4n) is 1.65. The van der Waals surface area contributed by atoms with Gasteiger partial charge in [0.1, 0.15) is 0 Å². The molecule has 19 heavy (non-hydrogen) atoms. The maximum absolute atomic E-state index is 11.4. The van der Waals surface area contributed by atoms with Crippen molar-refractivity contribution < 1.29 is 4.79 Å². The van der Waals surface area contributed by atoms with Crippen molar-refractivity contribution in [1.29, 1.82) is 0 Å². The maximum Gasteiger partial charge on any atom is 0.224 e. The molecule has 5 heteroatoms. The first-order chi connectivity index (χ1) is 9.19. The molecule has 0 spiro atoms. The van der Waals surface area contributed by atoms with Crippen LogP contribution in [0.5, 0.6) is 0 Å². The van der Waals surface area contributed by atoms with E-state index in [0.717, 1.165) is 23.5 Å². The molecular formula is C14H17N3OS. The Balaban J connectivity index is 2.06. The van der Waals surface area contributed by atoms with Crippen molar-refractivity contribution in [3.05, 3.63) is 40.3 Å². The second-order valence-electron chi connectivity index (χ2n) is 4.25. The Kier molecular flexibility index (Phi) is 4.52. The first-order valence-electron chi connectivity index (χ1n) is 6.20. The number of benzene rings is 1. The number of anilines is 2. The lowest BCUT2D eigenvalue weighted by Gasteiger charge is -2.11. The number of aromatic nitrogens is 1. The molecular weight excluding hydrogens is 258 g/mol. The Morgan fingerprint density at radius 1 is 1.42 bits per heavy atom. The van der Waals surface area contributed by atoms with Crippen LogP contribution in [0.3, 0.4) is 0 Å². The molecule has 0 aliphatic heterocycles. The molecule has 0 saturated carbocycles. The van der Waals surface area contributed by atoms with Gasteiger partial charge in [0.2, 0.25) is 5.91 Å². The summed E-state index contributed by atoms with van der Waals surface area (Å²) in [7, 11) is 0. The lowest BCUT2D eigenvalue weighted by atomic mass is 10.1. The third kappa shape index (κ3) is 3.79. The maximum atomic E-state index is 11.4. The molecule has 2 aromatic rings. The molecule has 1 aromatic carbocycles. The number of nitrogens with one attached hydrogen (secondary N) is 2. The van der Waals surface area contributed by atoms with Gasteiger partial charge < -0.3 is 10.6 Å². The molecule has 0 saturated heterocycles. The van der Waals surface area contributed by atoms with Gasteiger partial charge in [0.25, 0.3) is 0 Å². The Morgan fingerprint density at radius 3 is 2.95 bits per heavy atom. The Morgan fingerprint density at radius 2 is 2.26 bits per heavy atom. The summed E-state index contributed by atoms with van der Waals surface area (Å²) in [5.74, 6) is 0.0252. The summed E-state index contributed by atoms with van der Waals surface area (Å²) >= 11 is 1.62. The standard InChI is InChI=1S/C14H17N3OS/c1-3-14(18)17-11-5-4-10(2)13(6-11)16-8-12-7-15-9-19-12/h4-7,9,16H,3,8H2,1-2H3,(H,17,18). The highest BCUT2D eigenvalue weighted by atomic mass is 32.1. The van der Waals surface area contributed by atoms with Crippen LogP contribution < -0.4 is 10.6 Å². The van der Waals surface area contributed by atoms with E-state index < -0.39 is 0 Å². The van der Waals surface area contributed by atoms with Gasteiger partial charge in [0.05, 0.1) is 12.1 Å². The molecule has 0 aliphatic rings. The molecule has 0 radical (unpaired) electrons. The average molecular weight is 275 g/mol. The van der Waals surface area contributed by atoms with Gasteiger partial charge in [-0.1, -0.05) is 13.0 Å². The molecule has 1 amide bonds. The highest BCUT2D eigenvalue weighted by molar-refractivity contribution is 7.09. The summed E-state index contributed by atoms with van der Waals surface area (Å²) in [6, 6.07) is 5.88. The van der Waals surface area contributed by atoms with Crippen molar-refractivity contribution in [2.45, 2.75) is 26.8 Å². The van der Waals surface area contributed by atoms with Crippen molar-refractivity contribution in [3.8, 4) is 0 Å². The van der Waals surface area contributed by atoms with E-state index in [9.17, 15) is 4.79 Å². The molecule has 2 N–H and O–H groups in total. The minimum atomic E-state index is 0.0252. The molecule has 0 atom stereocenters. The Bertz CT molecular complexity index is 552. The normalized spacial score (nSPS) is 10.2. The topological polar surface area (TPSA) is 54.0 Å². The average Bonchev–Trinajstić information content (AvgIpc) is 2.92. The van der Waals surface area contributed by atoms with Gasteiger partial charge >= 0.3 is 0 Å². The van der Waals surface area contributed by atoms with Gasteiger partial charge in [-0.3, -0.25) is 9.78 Å². The van der Waals surface area contributed by atoms with Crippen LogP contribution in [0.1, 0.15) is 23.8 Å². The smallest absolute Gasteiger partial charge is 0.224 e. The quantitative estimate of drug-likeness (QED) is 0.879. The summed E-state index contributed by atoms with van der Waals surface area (Å²) in [5.41, 5.74) is 4.83. The van der Waals surface area contributed by atoms with Crippen LogP contribution in [0.25, 0.3) is 0 Å². The fraction of sp³-hybridized carbons (Fsp3) is 0.286. The number of carbonyl (C=O) groups excluding carboxylic acids is 1. The molecule has 2 rings (SSSR count). The van der Waals surface area contributed by atoms with E-state index in [4.69, 9.17) is 0 Å². The minimum absolute atomic E-state index is 0.0252. The van der Waals surface area contributed by atoms with Crippen LogP contribution in [-0.4, -0.2) is 10.9 Å². The van der Waals surface area contributed by atoms with E-state index >= 15 is 0 Å². The monoisotopic (exact) mass is 275 g/mol. The first kappa shape index (κ1) is 13.5. The van der Waals surface area contributed by atoms with Gasteiger partial charge in [0, 0.05) is 28.9 Å². The predicted molar refractivity (Wildman–Crippen MR) is 79.5 cm³/mol. The largest absolute Gasteiger partial charge is 0.380 e. The van der Waals surface area contributed by atoms with E-state index in [0.29, 0.717) is 6.42 Å². The third-order valence-corrected chi connectivity index (χ3v) is 3.56. The first-order valence-corrected chi connectivity index (χ1v) is 7.08. The molecule has 0 unspecified atom stereocenters. The van der Waals surface area contributed by atoms with Gasteiger partial charge in [-0.25, -0.2) is 0 Å². The van der Waals surface area contributed by atoms with E-state index in [1.165, 1.54) is 4.88 Å². The number of thiazole rings is 1. The van der Waals surface area contributed by atoms with Crippen molar-refractivity contribution in [2.24, 2.45) is 0 Å². The van der Waals surface area contributed by atoms with Crippen LogP contribution in [-0.2, 0) is 11.3 Å². The molecule has 4 nitrogen and oxygen atoms in total. The highest BCUT2D eigenvalue weighted by Crippen LogP contribution is 2.21. The van der Waals surface area contributed by atoms with Crippen molar-refractivity contribution in [2.75, 3.05) is 10.6 Å². The Hall–Kier alpha value is -1.88.